The van der Waals surface area contributed by atoms with E-state index in [9.17, 15) is 5.11 Å². The molecule has 78 valence electrons. The van der Waals surface area contributed by atoms with Crippen LogP contribution in [0.3, 0.4) is 0 Å². The van der Waals surface area contributed by atoms with E-state index in [0.29, 0.717) is 0 Å². The molecule has 1 aliphatic carbocycles. The van der Waals surface area contributed by atoms with E-state index in [1.54, 1.807) is 4.68 Å². The lowest BCUT2D eigenvalue weighted by Gasteiger charge is -2.25. The van der Waals surface area contributed by atoms with Crippen LogP contribution < -0.4 is 0 Å². The number of rotatable bonds is 0. The fourth-order valence-corrected chi connectivity index (χ4v) is 2.28. The van der Waals surface area contributed by atoms with Gasteiger partial charge in [0.25, 0.3) is 0 Å². The zero-order chi connectivity index (χ0) is 10.2. The van der Waals surface area contributed by atoms with Gasteiger partial charge >= 0.3 is 0 Å². The van der Waals surface area contributed by atoms with Gasteiger partial charge in [0.1, 0.15) is 5.60 Å². The van der Waals surface area contributed by atoms with E-state index < -0.39 is 5.60 Å². The largest absolute Gasteiger partial charge is 0.384 e. The van der Waals surface area contributed by atoms with Crippen LogP contribution in [0.15, 0.2) is 0 Å². The Bertz CT molecular complexity index is 330. The molecule has 1 heterocycles. The third-order valence-corrected chi connectivity index (χ3v) is 2.98. The van der Waals surface area contributed by atoms with Gasteiger partial charge in [0, 0.05) is 7.05 Å². The Hall–Kier alpha value is -0.900. The molecule has 0 saturated carbocycles. The minimum Gasteiger partial charge on any atom is -0.384 e. The van der Waals surface area contributed by atoms with Crippen molar-refractivity contribution in [1.82, 2.24) is 15.0 Å². The van der Waals surface area contributed by atoms with Crippen molar-refractivity contribution in [2.45, 2.75) is 44.6 Å². The van der Waals surface area contributed by atoms with Gasteiger partial charge in [-0.15, -0.1) is 5.10 Å². The molecule has 0 amide bonds. The molecular formula is C10H17N3O. The Balaban J connectivity index is 2.45. The molecule has 0 aliphatic heterocycles. The lowest BCUT2D eigenvalue weighted by molar-refractivity contribution is 0.0340. The van der Waals surface area contributed by atoms with Crippen molar-refractivity contribution < 1.29 is 5.11 Å². The number of fused-ring (bicyclic) bond motifs is 1. The molecule has 1 aliphatic rings. The van der Waals surface area contributed by atoms with Crippen LogP contribution in [0.2, 0.25) is 0 Å². The minimum atomic E-state index is -0.756. The maximum Gasteiger partial charge on any atom is 0.105 e. The van der Waals surface area contributed by atoms with Gasteiger partial charge in [-0.25, -0.2) is 4.68 Å². The van der Waals surface area contributed by atoms with Crippen molar-refractivity contribution in [2.75, 3.05) is 0 Å². The van der Waals surface area contributed by atoms with Gasteiger partial charge in [-0.2, -0.15) is 0 Å². The lowest BCUT2D eigenvalue weighted by atomic mass is 9.89. The van der Waals surface area contributed by atoms with Gasteiger partial charge in [0.15, 0.2) is 0 Å². The smallest absolute Gasteiger partial charge is 0.105 e. The van der Waals surface area contributed by atoms with E-state index in [1.807, 2.05) is 14.0 Å². The average molecular weight is 195 g/mol. The monoisotopic (exact) mass is 195 g/mol. The Morgan fingerprint density at radius 2 is 2.14 bits per heavy atom. The molecule has 4 heteroatoms. The maximum atomic E-state index is 10.3. The fourth-order valence-electron chi connectivity index (χ4n) is 2.28. The molecule has 1 atom stereocenters. The molecule has 1 N–H and O–H groups in total. The van der Waals surface area contributed by atoms with Crippen LogP contribution in [0.1, 0.15) is 44.0 Å². The molecular weight excluding hydrogens is 178 g/mol. The van der Waals surface area contributed by atoms with Crippen LogP contribution in [-0.2, 0) is 19.1 Å². The van der Waals surface area contributed by atoms with E-state index in [1.165, 1.54) is 6.42 Å². The third kappa shape index (κ3) is 1.54. The molecule has 0 saturated heterocycles. The molecule has 1 aromatic rings. The van der Waals surface area contributed by atoms with Crippen LogP contribution in [0.25, 0.3) is 0 Å². The third-order valence-electron chi connectivity index (χ3n) is 2.98. The van der Waals surface area contributed by atoms with E-state index >= 15 is 0 Å². The Morgan fingerprint density at radius 3 is 2.93 bits per heavy atom. The highest BCUT2D eigenvalue weighted by molar-refractivity contribution is 5.18. The lowest BCUT2D eigenvalue weighted by Crippen LogP contribution is -2.27. The summed E-state index contributed by atoms with van der Waals surface area (Å²) in [7, 11) is 1.85. The van der Waals surface area contributed by atoms with Gasteiger partial charge in [-0.05, 0) is 26.2 Å². The van der Waals surface area contributed by atoms with Crippen molar-refractivity contribution >= 4 is 0 Å². The van der Waals surface area contributed by atoms with Crippen molar-refractivity contribution in [3.8, 4) is 0 Å². The van der Waals surface area contributed by atoms with Gasteiger partial charge in [0.2, 0.25) is 0 Å². The number of hydrogen-bond donors (Lipinski definition) is 1. The Labute approximate surface area is 83.9 Å². The van der Waals surface area contributed by atoms with Crippen LogP contribution in [0, 0.1) is 0 Å². The molecule has 0 spiro atoms. The predicted molar refractivity (Wildman–Crippen MR) is 52.7 cm³/mol. The molecule has 0 radical (unpaired) electrons. The molecule has 0 bridgehead atoms. The van der Waals surface area contributed by atoms with E-state index in [-0.39, 0.29) is 0 Å². The Kier molecular flexibility index (Phi) is 2.31. The highest BCUT2D eigenvalue weighted by Gasteiger charge is 2.31. The number of aliphatic hydroxyl groups is 1. The highest BCUT2D eigenvalue weighted by atomic mass is 16.3. The number of nitrogens with zero attached hydrogens (tertiary/aromatic N) is 3. The second-order valence-electron chi connectivity index (χ2n) is 4.34. The summed E-state index contributed by atoms with van der Waals surface area (Å²) < 4.78 is 1.71. The summed E-state index contributed by atoms with van der Waals surface area (Å²) in [5, 5.41) is 18.4. The minimum absolute atomic E-state index is 0.756. The second-order valence-corrected chi connectivity index (χ2v) is 4.34. The van der Waals surface area contributed by atoms with E-state index in [2.05, 4.69) is 10.3 Å². The SMILES string of the molecule is Cn1nnc2c1C(C)(O)CCCCC2. The first-order valence-corrected chi connectivity index (χ1v) is 5.23. The van der Waals surface area contributed by atoms with Crippen LogP contribution >= 0.6 is 0 Å². The quantitative estimate of drug-likeness (QED) is 0.675. The number of aryl methyl sites for hydroxylation is 2. The first-order valence-electron chi connectivity index (χ1n) is 5.23. The predicted octanol–water partition coefficient (Wildman–Crippen LogP) is 1.14. The summed E-state index contributed by atoms with van der Waals surface area (Å²) in [4.78, 5) is 0. The maximum absolute atomic E-state index is 10.3. The van der Waals surface area contributed by atoms with Crippen LogP contribution in [0.4, 0.5) is 0 Å². The van der Waals surface area contributed by atoms with Crippen LogP contribution in [-0.4, -0.2) is 20.1 Å². The summed E-state index contributed by atoms with van der Waals surface area (Å²) in [6.45, 7) is 1.86. The van der Waals surface area contributed by atoms with Gasteiger partial charge in [-0.1, -0.05) is 18.1 Å². The normalized spacial score (nSPS) is 27.9. The highest BCUT2D eigenvalue weighted by Crippen LogP contribution is 2.31. The summed E-state index contributed by atoms with van der Waals surface area (Å²) in [5.41, 5.74) is 1.11. The fraction of sp³-hybridized carbons (Fsp3) is 0.800. The second kappa shape index (κ2) is 3.35. The van der Waals surface area contributed by atoms with Gasteiger partial charge in [0.05, 0.1) is 11.4 Å². The molecule has 0 fully saturated rings. The molecule has 1 unspecified atom stereocenters. The molecule has 2 rings (SSSR count). The van der Waals surface area contributed by atoms with Crippen molar-refractivity contribution in [1.29, 1.82) is 0 Å². The first kappa shape index (κ1) is 9.65. The summed E-state index contributed by atoms with van der Waals surface area (Å²) >= 11 is 0. The van der Waals surface area contributed by atoms with Gasteiger partial charge in [-0.3, -0.25) is 0 Å². The molecule has 4 nitrogen and oxygen atoms in total. The average Bonchev–Trinajstić information content (AvgIpc) is 2.44. The summed E-state index contributed by atoms with van der Waals surface area (Å²) in [5.74, 6) is 0. The Morgan fingerprint density at radius 1 is 1.36 bits per heavy atom. The van der Waals surface area contributed by atoms with Crippen molar-refractivity contribution in [3.05, 3.63) is 11.4 Å². The first-order chi connectivity index (χ1) is 6.61. The zero-order valence-corrected chi connectivity index (χ0v) is 8.82. The molecule has 0 aromatic carbocycles. The molecule has 1 aromatic heterocycles. The number of aromatic nitrogens is 3. The van der Waals surface area contributed by atoms with Crippen molar-refractivity contribution in [2.24, 2.45) is 7.05 Å². The standard InChI is InChI=1S/C10H17N3O/c1-10(14)7-5-3-4-6-8-9(10)13(2)12-11-8/h14H,3-7H2,1-2H3. The van der Waals surface area contributed by atoms with E-state index in [0.717, 1.165) is 37.1 Å². The van der Waals surface area contributed by atoms with Crippen molar-refractivity contribution in [3.63, 3.8) is 0 Å². The topological polar surface area (TPSA) is 50.9 Å². The summed E-state index contributed by atoms with van der Waals surface area (Å²) in [6.07, 6.45) is 5.16. The van der Waals surface area contributed by atoms with E-state index in [4.69, 9.17) is 0 Å². The summed E-state index contributed by atoms with van der Waals surface area (Å²) in [6, 6.07) is 0. The van der Waals surface area contributed by atoms with Crippen LogP contribution in [0.5, 0.6) is 0 Å². The van der Waals surface area contributed by atoms with Gasteiger partial charge < -0.3 is 5.11 Å². The number of hydrogen-bond acceptors (Lipinski definition) is 3. The molecule has 14 heavy (non-hydrogen) atoms. The zero-order valence-electron chi connectivity index (χ0n) is 8.82.